The first kappa shape index (κ1) is 14.0. The number of fused-ring (bicyclic) bond motifs is 1. The predicted molar refractivity (Wildman–Crippen MR) is 94.1 cm³/mol. The zero-order valence-corrected chi connectivity index (χ0v) is 14.1. The third-order valence-corrected chi connectivity index (χ3v) is 5.89. The standard InChI is InChI=1S/C16H15IN2S/c1-10-5-4-6-11(16(10)17)12(18)9-15-19-13-7-2-3-8-14(13)20-15/h2-8,12H,9,18H2,1H3. The average Bonchev–Trinajstić information content (AvgIpc) is 2.83. The molecular formula is C16H15IN2S. The van der Waals surface area contributed by atoms with Crippen LogP contribution >= 0.6 is 33.9 Å². The van der Waals surface area contributed by atoms with Crippen molar-refractivity contribution in [2.75, 3.05) is 0 Å². The molecule has 0 aliphatic carbocycles. The molecule has 1 unspecified atom stereocenters. The molecule has 0 bridgehead atoms. The molecule has 1 atom stereocenters. The van der Waals surface area contributed by atoms with E-state index in [9.17, 15) is 0 Å². The van der Waals surface area contributed by atoms with Gasteiger partial charge < -0.3 is 5.73 Å². The zero-order valence-electron chi connectivity index (χ0n) is 11.1. The van der Waals surface area contributed by atoms with Crippen LogP contribution in [0, 0.1) is 10.5 Å². The van der Waals surface area contributed by atoms with E-state index in [0.29, 0.717) is 0 Å². The van der Waals surface area contributed by atoms with Gasteiger partial charge in [-0.15, -0.1) is 11.3 Å². The van der Waals surface area contributed by atoms with E-state index >= 15 is 0 Å². The molecule has 1 heterocycles. The second-order valence-electron chi connectivity index (χ2n) is 4.86. The van der Waals surface area contributed by atoms with Crippen molar-refractivity contribution >= 4 is 44.1 Å². The molecule has 0 amide bonds. The first-order valence-corrected chi connectivity index (χ1v) is 8.39. The van der Waals surface area contributed by atoms with Crippen LogP contribution in [0.2, 0.25) is 0 Å². The van der Waals surface area contributed by atoms with Gasteiger partial charge in [-0.25, -0.2) is 4.98 Å². The van der Waals surface area contributed by atoms with Gasteiger partial charge in [0.15, 0.2) is 0 Å². The first-order valence-electron chi connectivity index (χ1n) is 6.50. The Morgan fingerprint density at radius 1 is 1.20 bits per heavy atom. The Labute approximate surface area is 136 Å². The van der Waals surface area contributed by atoms with Gasteiger partial charge in [0.1, 0.15) is 0 Å². The molecule has 0 aliphatic rings. The van der Waals surface area contributed by atoms with Crippen LogP contribution in [0.4, 0.5) is 0 Å². The molecule has 102 valence electrons. The lowest BCUT2D eigenvalue weighted by Gasteiger charge is -2.13. The van der Waals surface area contributed by atoms with Gasteiger partial charge in [0, 0.05) is 16.0 Å². The van der Waals surface area contributed by atoms with Crippen molar-refractivity contribution < 1.29 is 0 Å². The van der Waals surface area contributed by atoms with Crippen molar-refractivity contribution in [2.45, 2.75) is 19.4 Å². The van der Waals surface area contributed by atoms with Crippen molar-refractivity contribution in [3.8, 4) is 0 Å². The molecule has 0 saturated carbocycles. The van der Waals surface area contributed by atoms with Crippen LogP contribution in [0.3, 0.4) is 0 Å². The van der Waals surface area contributed by atoms with E-state index in [2.05, 4.69) is 64.8 Å². The number of aromatic nitrogens is 1. The molecule has 0 aliphatic heterocycles. The van der Waals surface area contributed by atoms with Gasteiger partial charge in [-0.2, -0.15) is 0 Å². The number of para-hydroxylation sites is 1. The molecule has 3 aromatic rings. The largest absolute Gasteiger partial charge is 0.324 e. The Balaban J connectivity index is 1.88. The molecule has 2 aromatic carbocycles. The summed E-state index contributed by atoms with van der Waals surface area (Å²) in [5.74, 6) is 0. The lowest BCUT2D eigenvalue weighted by molar-refractivity contribution is 0.714. The summed E-state index contributed by atoms with van der Waals surface area (Å²) in [7, 11) is 0. The van der Waals surface area contributed by atoms with Crippen LogP contribution in [-0.4, -0.2) is 4.98 Å². The fourth-order valence-corrected chi connectivity index (χ4v) is 4.05. The Morgan fingerprint density at radius 3 is 2.80 bits per heavy atom. The van der Waals surface area contributed by atoms with Gasteiger partial charge in [0.25, 0.3) is 0 Å². The van der Waals surface area contributed by atoms with E-state index in [4.69, 9.17) is 5.73 Å². The van der Waals surface area contributed by atoms with Gasteiger partial charge >= 0.3 is 0 Å². The third-order valence-electron chi connectivity index (χ3n) is 3.35. The molecule has 2 N–H and O–H groups in total. The Hall–Kier alpha value is -0.980. The number of hydrogen-bond donors (Lipinski definition) is 1. The Bertz CT molecular complexity index is 718. The summed E-state index contributed by atoms with van der Waals surface area (Å²) in [6.45, 7) is 2.12. The SMILES string of the molecule is Cc1cccc(C(N)Cc2nc3ccccc3s2)c1I. The van der Waals surface area contributed by atoms with Crippen molar-refractivity contribution in [3.63, 3.8) is 0 Å². The van der Waals surface area contributed by atoms with E-state index in [1.165, 1.54) is 19.4 Å². The van der Waals surface area contributed by atoms with Crippen LogP contribution in [0.25, 0.3) is 10.2 Å². The maximum atomic E-state index is 6.38. The van der Waals surface area contributed by atoms with Gasteiger partial charge in [-0.3, -0.25) is 0 Å². The number of nitrogens with two attached hydrogens (primary N) is 1. The predicted octanol–water partition coefficient (Wildman–Crippen LogP) is 4.45. The fourth-order valence-electron chi connectivity index (χ4n) is 2.26. The van der Waals surface area contributed by atoms with Crippen molar-refractivity contribution in [1.82, 2.24) is 4.98 Å². The summed E-state index contributed by atoms with van der Waals surface area (Å²) < 4.78 is 2.49. The summed E-state index contributed by atoms with van der Waals surface area (Å²) in [6.07, 6.45) is 0.790. The number of halogens is 1. The molecule has 3 rings (SSSR count). The number of nitrogens with zero attached hydrogens (tertiary/aromatic N) is 1. The molecule has 0 saturated heterocycles. The minimum Gasteiger partial charge on any atom is -0.324 e. The Kier molecular flexibility index (Phi) is 4.05. The normalized spacial score (nSPS) is 12.8. The van der Waals surface area contributed by atoms with Crippen molar-refractivity contribution in [1.29, 1.82) is 0 Å². The number of rotatable bonds is 3. The molecule has 0 spiro atoms. The number of thiazole rings is 1. The zero-order chi connectivity index (χ0) is 14.1. The number of benzene rings is 2. The molecule has 1 aromatic heterocycles. The third kappa shape index (κ3) is 2.73. The summed E-state index contributed by atoms with van der Waals surface area (Å²) in [5.41, 5.74) is 9.94. The van der Waals surface area contributed by atoms with Gasteiger partial charge in [-0.1, -0.05) is 30.3 Å². The molecule has 4 heteroatoms. The molecule has 2 nitrogen and oxygen atoms in total. The van der Waals surface area contributed by atoms with Crippen molar-refractivity contribution in [2.24, 2.45) is 5.73 Å². The van der Waals surface area contributed by atoms with Crippen LogP contribution in [0.5, 0.6) is 0 Å². The topological polar surface area (TPSA) is 38.9 Å². The summed E-state index contributed by atoms with van der Waals surface area (Å²) in [4.78, 5) is 4.67. The highest BCUT2D eigenvalue weighted by Gasteiger charge is 2.14. The summed E-state index contributed by atoms with van der Waals surface area (Å²) >= 11 is 4.12. The van der Waals surface area contributed by atoms with Crippen LogP contribution in [0.15, 0.2) is 42.5 Å². The Morgan fingerprint density at radius 2 is 2.00 bits per heavy atom. The van der Waals surface area contributed by atoms with E-state index in [1.807, 2.05) is 12.1 Å². The summed E-state index contributed by atoms with van der Waals surface area (Å²) in [6, 6.07) is 14.5. The van der Waals surface area contributed by atoms with E-state index in [-0.39, 0.29) is 6.04 Å². The minimum atomic E-state index is 0.00219. The van der Waals surface area contributed by atoms with Crippen LogP contribution in [-0.2, 0) is 6.42 Å². The smallest absolute Gasteiger partial charge is 0.0957 e. The minimum absolute atomic E-state index is 0.00219. The highest BCUT2D eigenvalue weighted by molar-refractivity contribution is 14.1. The van der Waals surface area contributed by atoms with E-state index in [0.717, 1.165) is 16.9 Å². The number of hydrogen-bond acceptors (Lipinski definition) is 3. The fraction of sp³-hybridized carbons (Fsp3) is 0.188. The highest BCUT2D eigenvalue weighted by Crippen LogP contribution is 2.28. The van der Waals surface area contributed by atoms with E-state index in [1.54, 1.807) is 11.3 Å². The monoisotopic (exact) mass is 394 g/mol. The van der Waals surface area contributed by atoms with Gasteiger partial charge in [-0.05, 0) is 52.8 Å². The lowest BCUT2D eigenvalue weighted by Crippen LogP contribution is -2.15. The molecule has 0 radical (unpaired) electrons. The molecule has 20 heavy (non-hydrogen) atoms. The quantitative estimate of drug-likeness (QED) is 0.667. The maximum absolute atomic E-state index is 6.38. The highest BCUT2D eigenvalue weighted by atomic mass is 127. The van der Waals surface area contributed by atoms with Gasteiger partial charge in [0.2, 0.25) is 0 Å². The first-order chi connectivity index (χ1) is 9.65. The van der Waals surface area contributed by atoms with Crippen LogP contribution in [0.1, 0.15) is 22.2 Å². The number of aryl methyl sites for hydroxylation is 1. The second kappa shape index (κ2) is 5.79. The summed E-state index contributed by atoms with van der Waals surface area (Å²) in [5, 5.41) is 1.11. The van der Waals surface area contributed by atoms with Crippen molar-refractivity contribution in [3.05, 3.63) is 62.2 Å². The van der Waals surface area contributed by atoms with E-state index < -0.39 is 0 Å². The molecular weight excluding hydrogens is 379 g/mol. The average molecular weight is 394 g/mol. The van der Waals surface area contributed by atoms with Crippen LogP contribution < -0.4 is 5.73 Å². The maximum Gasteiger partial charge on any atom is 0.0957 e. The lowest BCUT2D eigenvalue weighted by atomic mass is 10.0. The second-order valence-corrected chi connectivity index (χ2v) is 7.06. The van der Waals surface area contributed by atoms with Gasteiger partial charge in [0.05, 0.1) is 15.2 Å². The molecule has 0 fully saturated rings.